The van der Waals surface area contributed by atoms with Gasteiger partial charge < -0.3 is 5.73 Å². The fourth-order valence-corrected chi connectivity index (χ4v) is 2.57. The lowest BCUT2D eigenvalue weighted by atomic mass is 9.97. The van der Waals surface area contributed by atoms with Crippen LogP contribution in [-0.4, -0.2) is 0 Å². The van der Waals surface area contributed by atoms with Crippen LogP contribution in [0.25, 0.3) is 0 Å². The van der Waals surface area contributed by atoms with Crippen LogP contribution >= 0.6 is 15.9 Å². The van der Waals surface area contributed by atoms with Crippen molar-refractivity contribution in [3.05, 3.63) is 69.4 Å². The van der Waals surface area contributed by atoms with Gasteiger partial charge in [-0.1, -0.05) is 43.7 Å². The molecular formula is C17H19BrFN. The molecular weight excluding hydrogens is 317 g/mol. The Kier molecular flexibility index (Phi) is 5.32. The zero-order valence-electron chi connectivity index (χ0n) is 11.6. The Labute approximate surface area is 128 Å². The summed E-state index contributed by atoms with van der Waals surface area (Å²) in [5, 5.41) is 0. The van der Waals surface area contributed by atoms with E-state index in [4.69, 9.17) is 5.73 Å². The molecule has 0 spiro atoms. The quantitative estimate of drug-likeness (QED) is 0.819. The second-order valence-corrected chi connectivity index (χ2v) is 5.85. The monoisotopic (exact) mass is 335 g/mol. The second kappa shape index (κ2) is 7.00. The summed E-state index contributed by atoms with van der Waals surface area (Å²) in [7, 11) is 0. The lowest BCUT2D eigenvalue weighted by molar-refractivity contribution is 0.619. The maximum absolute atomic E-state index is 13.2. The van der Waals surface area contributed by atoms with Gasteiger partial charge in [0.15, 0.2) is 0 Å². The van der Waals surface area contributed by atoms with Gasteiger partial charge in [-0.25, -0.2) is 4.39 Å². The van der Waals surface area contributed by atoms with Gasteiger partial charge in [-0.05, 0) is 57.6 Å². The van der Waals surface area contributed by atoms with Crippen LogP contribution in [0, 0.1) is 5.82 Å². The predicted molar refractivity (Wildman–Crippen MR) is 85.2 cm³/mol. The van der Waals surface area contributed by atoms with Gasteiger partial charge in [0, 0.05) is 0 Å². The Morgan fingerprint density at radius 2 is 1.75 bits per heavy atom. The fourth-order valence-electron chi connectivity index (χ4n) is 2.17. The first-order chi connectivity index (χ1) is 9.61. The van der Waals surface area contributed by atoms with E-state index < -0.39 is 0 Å². The molecule has 106 valence electrons. The molecule has 1 nitrogen and oxygen atoms in total. The SMILES string of the molecule is CCCCc1ccc(C(N)c2ccc(F)c(Br)c2)cc1. The summed E-state index contributed by atoms with van der Waals surface area (Å²) in [6.07, 6.45) is 3.51. The number of unbranched alkanes of at least 4 members (excludes halogenated alkanes) is 1. The molecule has 1 atom stereocenters. The molecule has 2 rings (SSSR count). The largest absolute Gasteiger partial charge is 0.320 e. The highest BCUT2D eigenvalue weighted by molar-refractivity contribution is 9.10. The molecule has 0 saturated carbocycles. The van der Waals surface area contributed by atoms with Crippen LogP contribution in [0.5, 0.6) is 0 Å². The van der Waals surface area contributed by atoms with Crippen LogP contribution in [0.3, 0.4) is 0 Å². The number of nitrogens with two attached hydrogens (primary N) is 1. The molecule has 0 heterocycles. The van der Waals surface area contributed by atoms with Crippen molar-refractivity contribution in [2.45, 2.75) is 32.2 Å². The summed E-state index contributed by atoms with van der Waals surface area (Å²) < 4.78 is 13.7. The smallest absolute Gasteiger partial charge is 0.137 e. The van der Waals surface area contributed by atoms with E-state index in [0.29, 0.717) is 4.47 Å². The highest BCUT2D eigenvalue weighted by Crippen LogP contribution is 2.25. The van der Waals surface area contributed by atoms with Crippen molar-refractivity contribution in [2.24, 2.45) is 5.73 Å². The van der Waals surface area contributed by atoms with Crippen molar-refractivity contribution in [3.63, 3.8) is 0 Å². The Hall–Kier alpha value is -1.19. The third-order valence-corrected chi connectivity index (χ3v) is 4.07. The van der Waals surface area contributed by atoms with Gasteiger partial charge in [0.2, 0.25) is 0 Å². The molecule has 0 aromatic heterocycles. The van der Waals surface area contributed by atoms with Gasteiger partial charge in [0.1, 0.15) is 5.82 Å². The maximum Gasteiger partial charge on any atom is 0.137 e. The highest BCUT2D eigenvalue weighted by atomic mass is 79.9. The molecule has 0 amide bonds. The van der Waals surface area contributed by atoms with E-state index in [1.807, 2.05) is 0 Å². The van der Waals surface area contributed by atoms with Gasteiger partial charge in [-0.15, -0.1) is 0 Å². The topological polar surface area (TPSA) is 26.0 Å². The average molecular weight is 336 g/mol. The normalized spacial score (nSPS) is 12.4. The van der Waals surface area contributed by atoms with Crippen molar-refractivity contribution in [1.29, 1.82) is 0 Å². The van der Waals surface area contributed by atoms with Gasteiger partial charge >= 0.3 is 0 Å². The molecule has 0 saturated heterocycles. The van der Waals surface area contributed by atoms with Crippen molar-refractivity contribution >= 4 is 15.9 Å². The lowest BCUT2D eigenvalue weighted by Gasteiger charge is -2.14. The number of halogens is 2. The van der Waals surface area contributed by atoms with Crippen LogP contribution in [-0.2, 0) is 6.42 Å². The number of rotatable bonds is 5. The Bertz CT molecular complexity index is 566. The van der Waals surface area contributed by atoms with E-state index in [0.717, 1.165) is 17.5 Å². The molecule has 0 radical (unpaired) electrons. The molecule has 2 N–H and O–H groups in total. The average Bonchev–Trinajstić information content (AvgIpc) is 2.48. The van der Waals surface area contributed by atoms with Crippen LogP contribution in [0.15, 0.2) is 46.9 Å². The summed E-state index contributed by atoms with van der Waals surface area (Å²) in [5.74, 6) is -0.268. The number of hydrogen-bond acceptors (Lipinski definition) is 1. The first-order valence-corrected chi connectivity index (χ1v) is 7.70. The van der Waals surface area contributed by atoms with E-state index in [9.17, 15) is 4.39 Å². The molecule has 0 aliphatic carbocycles. The highest BCUT2D eigenvalue weighted by Gasteiger charge is 2.10. The Morgan fingerprint density at radius 3 is 2.35 bits per heavy atom. The van der Waals surface area contributed by atoms with E-state index in [1.54, 1.807) is 12.1 Å². The minimum Gasteiger partial charge on any atom is -0.320 e. The summed E-state index contributed by atoms with van der Waals surface area (Å²) in [4.78, 5) is 0. The maximum atomic E-state index is 13.2. The van der Waals surface area contributed by atoms with Gasteiger partial charge in [0.25, 0.3) is 0 Å². The van der Waals surface area contributed by atoms with Crippen molar-refractivity contribution in [1.82, 2.24) is 0 Å². The number of benzene rings is 2. The minimum atomic E-state index is -0.268. The number of hydrogen-bond donors (Lipinski definition) is 1. The first kappa shape index (κ1) is 15.2. The summed E-state index contributed by atoms with van der Waals surface area (Å²) in [5.41, 5.74) is 9.53. The third kappa shape index (κ3) is 3.68. The van der Waals surface area contributed by atoms with Crippen molar-refractivity contribution < 1.29 is 4.39 Å². The zero-order chi connectivity index (χ0) is 14.5. The minimum absolute atomic E-state index is 0.230. The Balaban J connectivity index is 2.15. The third-order valence-electron chi connectivity index (χ3n) is 3.46. The summed E-state index contributed by atoms with van der Waals surface area (Å²) in [6, 6.07) is 13.1. The van der Waals surface area contributed by atoms with Gasteiger partial charge in [0.05, 0.1) is 10.5 Å². The zero-order valence-corrected chi connectivity index (χ0v) is 13.2. The standard InChI is InChI=1S/C17H19BrFN/c1-2-3-4-12-5-7-13(8-6-12)17(20)14-9-10-16(19)15(18)11-14/h5-11,17H,2-4,20H2,1H3. The molecule has 0 aliphatic heterocycles. The molecule has 1 unspecified atom stereocenters. The van der Waals surface area contributed by atoms with E-state index >= 15 is 0 Å². The first-order valence-electron chi connectivity index (χ1n) is 6.91. The molecule has 0 fully saturated rings. The van der Waals surface area contributed by atoms with E-state index in [2.05, 4.69) is 47.1 Å². The predicted octanol–water partition coefficient (Wildman–Crippen LogP) is 4.98. The van der Waals surface area contributed by atoms with Crippen LogP contribution in [0.1, 0.15) is 42.5 Å². The lowest BCUT2D eigenvalue weighted by Crippen LogP contribution is -2.12. The molecule has 2 aromatic rings. The van der Waals surface area contributed by atoms with E-state index in [-0.39, 0.29) is 11.9 Å². The fraction of sp³-hybridized carbons (Fsp3) is 0.294. The van der Waals surface area contributed by atoms with Crippen molar-refractivity contribution in [2.75, 3.05) is 0 Å². The molecule has 2 aromatic carbocycles. The van der Waals surface area contributed by atoms with Crippen molar-refractivity contribution in [3.8, 4) is 0 Å². The van der Waals surface area contributed by atoms with Crippen LogP contribution in [0.2, 0.25) is 0 Å². The van der Waals surface area contributed by atoms with Crippen LogP contribution in [0.4, 0.5) is 4.39 Å². The van der Waals surface area contributed by atoms with Crippen LogP contribution < -0.4 is 5.73 Å². The molecule has 20 heavy (non-hydrogen) atoms. The molecule has 0 bridgehead atoms. The van der Waals surface area contributed by atoms with E-state index in [1.165, 1.54) is 24.5 Å². The Morgan fingerprint density at radius 1 is 1.10 bits per heavy atom. The summed E-state index contributed by atoms with van der Waals surface area (Å²) in [6.45, 7) is 2.19. The summed E-state index contributed by atoms with van der Waals surface area (Å²) >= 11 is 3.20. The molecule has 3 heteroatoms. The second-order valence-electron chi connectivity index (χ2n) is 5.00. The molecule has 0 aliphatic rings. The van der Waals surface area contributed by atoms with Gasteiger partial charge in [-0.3, -0.25) is 0 Å². The number of aryl methyl sites for hydroxylation is 1. The van der Waals surface area contributed by atoms with Gasteiger partial charge in [-0.2, -0.15) is 0 Å².